The van der Waals surface area contributed by atoms with Crippen LogP contribution < -0.4 is 20.4 Å². The number of carboxylic acids is 1. The minimum Gasteiger partial charge on any atom is -0.492 e. The van der Waals surface area contributed by atoms with Crippen LogP contribution in [0.3, 0.4) is 0 Å². The van der Waals surface area contributed by atoms with E-state index in [4.69, 9.17) is 4.74 Å². The van der Waals surface area contributed by atoms with Crippen LogP contribution in [0.15, 0.2) is 28.5 Å². The summed E-state index contributed by atoms with van der Waals surface area (Å²) >= 11 is 0. The largest absolute Gasteiger partial charge is 0.492 e. The number of hydrogen-bond acceptors (Lipinski definition) is 5. The molecule has 1 saturated carbocycles. The summed E-state index contributed by atoms with van der Waals surface area (Å²) in [7, 11) is 3.06. The fourth-order valence-electron chi connectivity index (χ4n) is 4.29. The molecule has 1 aromatic heterocycles. The van der Waals surface area contributed by atoms with Crippen molar-refractivity contribution in [1.82, 2.24) is 9.88 Å². The molecule has 0 bridgehead atoms. The Morgan fingerprint density at radius 3 is 2.69 bits per heavy atom. The highest BCUT2D eigenvalue weighted by molar-refractivity contribution is 5.97. The lowest BCUT2D eigenvalue weighted by Gasteiger charge is -2.33. The quantitative estimate of drug-likeness (QED) is 0.672. The van der Waals surface area contributed by atoms with Crippen LogP contribution in [-0.4, -0.2) is 49.4 Å². The zero-order valence-corrected chi connectivity index (χ0v) is 18.7. The number of likely N-dealkylation sites (N-methyl/N-ethyl adjacent to an activating group) is 1. The van der Waals surface area contributed by atoms with Crippen LogP contribution in [0.5, 0.6) is 5.75 Å². The summed E-state index contributed by atoms with van der Waals surface area (Å²) in [6, 6.07) is 1.11. The molecule has 10 heteroatoms. The summed E-state index contributed by atoms with van der Waals surface area (Å²) in [6.45, 7) is 0.836. The molecule has 7 nitrogen and oxygen atoms in total. The first-order valence-corrected chi connectivity index (χ1v) is 10.3. The number of ether oxygens (including phenoxy) is 1. The number of methoxy groups -OCH3 is 1. The highest BCUT2D eigenvalue weighted by Crippen LogP contribution is 2.44. The van der Waals surface area contributed by atoms with Gasteiger partial charge < -0.3 is 24.6 Å². The molecule has 1 saturated heterocycles. The Kier molecular flexibility index (Phi) is 7.09. The van der Waals surface area contributed by atoms with Crippen molar-refractivity contribution < 1.29 is 23.4 Å². The number of benzene rings is 1. The number of aromatic carboxylic acids is 1. The van der Waals surface area contributed by atoms with Gasteiger partial charge in [0.15, 0.2) is 11.6 Å². The summed E-state index contributed by atoms with van der Waals surface area (Å²) in [5, 5.41) is 12.2. The topological polar surface area (TPSA) is 83.8 Å². The minimum atomic E-state index is -1.35. The van der Waals surface area contributed by atoms with E-state index in [-0.39, 0.29) is 54.2 Å². The van der Waals surface area contributed by atoms with E-state index in [1.807, 2.05) is 0 Å². The Hall–Kier alpha value is -2.65. The number of nitrogens with zero attached hydrogens (tertiary/aromatic N) is 2. The molecule has 0 amide bonds. The van der Waals surface area contributed by atoms with Gasteiger partial charge in [-0.1, -0.05) is 0 Å². The molecule has 4 rings (SSSR count). The normalized spacial score (nSPS) is 17.8. The fraction of sp³-hybridized carbons (Fsp3) is 0.455. The van der Waals surface area contributed by atoms with E-state index in [1.54, 1.807) is 16.5 Å². The molecule has 1 aliphatic carbocycles. The maximum atomic E-state index is 15.3. The molecule has 0 atom stereocenters. The number of fused-ring (bicyclic) bond motifs is 1. The Morgan fingerprint density at radius 1 is 1.38 bits per heavy atom. The van der Waals surface area contributed by atoms with E-state index in [0.29, 0.717) is 30.5 Å². The molecule has 2 fully saturated rings. The van der Waals surface area contributed by atoms with Gasteiger partial charge in [0.05, 0.1) is 18.0 Å². The second kappa shape index (κ2) is 9.46. The second-order valence-electron chi connectivity index (χ2n) is 8.02. The van der Waals surface area contributed by atoms with Gasteiger partial charge in [-0.15, -0.1) is 12.4 Å². The zero-order valence-electron chi connectivity index (χ0n) is 17.9. The van der Waals surface area contributed by atoms with E-state index < -0.39 is 22.8 Å². The fourth-order valence-corrected chi connectivity index (χ4v) is 4.29. The summed E-state index contributed by atoms with van der Waals surface area (Å²) in [6.07, 6.45) is 4.23. The maximum Gasteiger partial charge on any atom is 0.341 e. The molecular formula is C22H26ClF2N3O4. The van der Waals surface area contributed by atoms with Crippen LogP contribution in [0.1, 0.15) is 42.1 Å². The highest BCUT2D eigenvalue weighted by atomic mass is 35.5. The Balaban J connectivity index is 0.00000289. The average Bonchev–Trinajstić information content (AvgIpc) is 3.58. The van der Waals surface area contributed by atoms with Crippen LogP contribution in [0.2, 0.25) is 0 Å². The number of hydrogen-bond donors (Lipinski definition) is 2. The van der Waals surface area contributed by atoms with Crippen molar-refractivity contribution in [2.75, 3.05) is 38.7 Å². The van der Waals surface area contributed by atoms with Gasteiger partial charge >= 0.3 is 5.97 Å². The number of halogens is 3. The first-order chi connectivity index (χ1) is 14.9. The molecule has 2 heterocycles. The van der Waals surface area contributed by atoms with Gasteiger partial charge in [-0.2, -0.15) is 0 Å². The van der Waals surface area contributed by atoms with Gasteiger partial charge in [-0.25, -0.2) is 13.6 Å². The standard InChI is InChI=1S/C22H25F2N3O4.ClH/c1-25-9-17(24)12-4-3-7-26(10-12)19-16(23)8-14-18(21(19)31-2)27(13-5-6-13)11-15(20(14)28)22(29)30;/h8,11,13,25H,3-7,9-10H2,1-2H3,(H,29,30);1H/b17-12+;. The van der Waals surface area contributed by atoms with Crippen LogP contribution in [0.25, 0.3) is 10.9 Å². The third-order valence-electron chi connectivity index (χ3n) is 5.89. The molecule has 2 aromatic rings. The van der Waals surface area contributed by atoms with Crippen molar-refractivity contribution in [2.24, 2.45) is 0 Å². The first kappa shape index (κ1) is 24.0. The first-order valence-electron chi connectivity index (χ1n) is 10.3. The van der Waals surface area contributed by atoms with Gasteiger partial charge in [0.2, 0.25) is 5.43 Å². The van der Waals surface area contributed by atoms with Crippen molar-refractivity contribution in [1.29, 1.82) is 0 Å². The molecule has 1 aromatic carbocycles. The number of carbonyl (C=O) groups is 1. The van der Waals surface area contributed by atoms with Gasteiger partial charge in [-0.05, 0) is 44.4 Å². The molecule has 32 heavy (non-hydrogen) atoms. The lowest BCUT2D eigenvalue weighted by molar-refractivity contribution is 0.0694. The third-order valence-corrected chi connectivity index (χ3v) is 5.89. The van der Waals surface area contributed by atoms with Crippen LogP contribution >= 0.6 is 12.4 Å². The van der Waals surface area contributed by atoms with E-state index in [0.717, 1.165) is 18.9 Å². The predicted molar refractivity (Wildman–Crippen MR) is 121 cm³/mol. The van der Waals surface area contributed by atoms with Gasteiger partial charge in [-0.3, -0.25) is 4.79 Å². The third kappa shape index (κ3) is 4.19. The summed E-state index contributed by atoms with van der Waals surface area (Å²) in [5.74, 6) is -2.13. The van der Waals surface area contributed by atoms with Crippen molar-refractivity contribution in [2.45, 2.75) is 31.7 Å². The molecule has 2 N–H and O–H groups in total. The van der Waals surface area contributed by atoms with Crippen molar-refractivity contribution in [3.8, 4) is 5.75 Å². The summed E-state index contributed by atoms with van der Waals surface area (Å²) < 4.78 is 37.1. The Labute approximate surface area is 190 Å². The number of piperidine rings is 1. The number of carboxylic acid groups (broad SMARTS) is 1. The van der Waals surface area contributed by atoms with E-state index >= 15 is 4.39 Å². The molecule has 174 valence electrons. The highest BCUT2D eigenvalue weighted by Gasteiger charge is 2.32. The average molecular weight is 470 g/mol. The summed E-state index contributed by atoms with van der Waals surface area (Å²) in [4.78, 5) is 26.1. The molecule has 2 aliphatic rings. The smallest absolute Gasteiger partial charge is 0.341 e. The van der Waals surface area contributed by atoms with Crippen molar-refractivity contribution >= 4 is 35.0 Å². The number of aromatic nitrogens is 1. The molecule has 1 aliphatic heterocycles. The lowest BCUT2D eigenvalue weighted by atomic mass is 10.0. The number of anilines is 1. The van der Waals surface area contributed by atoms with Crippen molar-refractivity contribution in [3.05, 3.63) is 45.3 Å². The molecule has 0 unspecified atom stereocenters. The number of rotatable bonds is 6. The second-order valence-corrected chi connectivity index (χ2v) is 8.02. The zero-order chi connectivity index (χ0) is 22.3. The molecular weight excluding hydrogens is 444 g/mol. The predicted octanol–water partition coefficient (Wildman–Crippen LogP) is 3.65. The SMILES string of the molecule is CNC/C(F)=C1/CCCN(c2c(F)cc3c(=O)c(C(=O)O)cn(C4CC4)c3c2OC)C1.Cl. The minimum absolute atomic E-state index is 0. The van der Waals surface area contributed by atoms with Gasteiger partial charge in [0, 0.05) is 31.9 Å². The van der Waals surface area contributed by atoms with Gasteiger partial charge in [0.1, 0.15) is 17.1 Å². The van der Waals surface area contributed by atoms with Crippen LogP contribution in [0, 0.1) is 5.82 Å². The molecule has 0 radical (unpaired) electrons. The monoisotopic (exact) mass is 469 g/mol. The van der Waals surface area contributed by atoms with Gasteiger partial charge in [0.25, 0.3) is 0 Å². The molecule has 0 spiro atoms. The Bertz CT molecular complexity index is 1140. The maximum absolute atomic E-state index is 15.3. The lowest BCUT2D eigenvalue weighted by Crippen LogP contribution is -2.33. The van der Waals surface area contributed by atoms with E-state index in [9.17, 15) is 19.1 Å². The van der Waals surface area contributed by atoms with Crippen molar-refractivity contribution in [3.63, 3.8) is 0 Å². The number of nitrogens with one attached hydrogen (secondary N) is 1. The van der Waals surface area contributed by atoms with Crippen LogP contribution in [0.4, 0.5) is 14.5 Å². The van der Waals surface area contributed by atoms with E-state index in [2.05, 4.69) is 5.32 Å². The number of pyridine rings is 1. The summed E-state index contributed by atoms with van der Waals surface area (Å²) in [5.41, 5.74) is 0.000802. The Morgan fingerprint density at radius 2 is 2.09 bits per heavy atom. The van der Waals surface area contributed by atoms with E-state index in [1.165, 1.54) is 13.3 Å². The van der Waals surface area contributed by atoms with Crippen LogP contribution in [-0.2, 0) is 0 Å².